The number of hydrogen-bond donors (Lipinski definition) is 6. The van der Waals surface area contributed by atoms with Crippen molar-refractivity contribution in [3.8, 4) is 0 Å². The second kappa shape index (κ2) is 20.6. The van der Waals surface area contributed by atoms with Gasteiger partial charge in [0.15, 0.2) is 5.78 Å². The van der Waals surface area contributed by atoms with E-state index in [0.717, 1.165) is 4.90 Å². The lowest BCUT2D eigenvalue weighted by molar-refractivity contribution is -0.137. The predicted octanol–water partition coefficient (Wildman–Crippen LogP) is -2.92. The molecule has 1 aliphatic heterocycles. The molecular formula is C30H39N7O10. The minimum absolute atomic E-state index is 0.0800. The van der Waals surface area contributed by atoms with Crippen molar-refractivity contribution in [2.24, 2.45) is 5.73 Å². The van der Waals surface area contributed by atoms with E-state index >= 15 is 0 Å². The zero-order chi connectivity index (χ0) is 34.6. The van der Waals surface area contributed by atoms with Crippen molar-refractivity contribution in [1.29, 1.82) is 0 Å². The molecule has 17 heteroatoms. The van der Waals surface area contributed by atoms with E-state index in [-0.39, 0.29) is 50.4 Å². The number of hydrogen-bond acceptors (Lipinski definition) is 10. The largest absolute Gasteiger partial charge is 0.369 e. The van der Waals surface area contributed by atoms with Gasteiger partial charge in [0.2, 0.25) is 35.4 Å². The maximum atomic E-state index is 12.9. The summed E-state index contributed by atoms with van der Waals surface area (Å²) >= 11 is 0. The molecule has 0 spiro atoms. The SMILES string of the molecule is NC(=O)CC(=O)COCNC(=O)CNC(=O)C(Cc1ccccc1)NC(=O)CNC(=O)CNC(=O)CCCCCN1C(=O)C=CC1=O. The molecule has 1 unspecified atom stereocenters. The molecule has 1 atom stereocenters. The number of ether oxygens (including phenoxy) is 1. The summed E-state index contributed by atoms with van der Waals surface area (Å²) in [5.41, 5.74) is 5.63. The van der Waals surface area contributed by atoms with Gasteiger partial charge < -0.3 is 37.1 Å². The third kappa shape index (κ3) is 15.9. The maximum Gasteiger partial charge on any atom is 0.253 e. The van der Waals surface area contributed by atoms with Gasteiger partial charge in [0.25, 0.3) is 11.8 Å². The Morgan fingerprint density at radius 3 is 2.04 bits per heavy atom. The van der Waals surface area contributed by atoms with Crippen LogP contribution < -0.4 is 32.3 Å². The highest BCUT2D eigenvalue weighted by Crippen LogP contribution is 2.08. The Hall–Kier alpha value is -5.45. The van der Waals surface area contributed by atoms with Gasteiger partial charge in [0.05, 0.1) is 26.1 Å². The number of Topliss-reactive ketones (excluding diaryl/α,β-unsaturated/α-hetero) is 1. The summed E-state index contributed by atoms with van der Waals surface area (Å²) in [5.74, 6) is -5.11. The Bertz CT molecular complexity index is 1330. The van der Waals surface area contributed by atoms with Crippen LogP contribution in [0, 0.1) is 0 Å². The molecule has 1 aromatic carbocycles. The second-order valence-electron chi connectivity index (χ2n) is 10.3. The number of nitrogens with two attached hydrogens (primary N) is 1. The number of amides is 8. The van der Waals surface area contributed by atoms with Gasteiger partial charge in [-0.3, -0.25) is 48.1 Å². The lowest BCUT2D eigenvalue weighted by Gasteiger charge is -2.19. The Morgan fingerprint density at radius 2 is 1.36 bits per heavy atom. The smallest absolute Gasteiger partial charge is 0.253 e. The Kier molecular flexibility index (Phi) is 16.5. The zero-order valence-electron chi connectivity index (χ0n) is 25.7. The van der Waals surface area contributed by atoms with Crippen LogP contribution in [0.25, 0.3) is 0 Å². The fraction of sp³-hybridized carbons (Fsp3) is 0.433. The predicted molar refractivity (Wildman–Crippen MR) is 163 cm³/mol. The van der Waals surface area contributed by atoms with E-state index in [0.29, 0.717) is 24.8 Å². The molecule has 1 heterocycles. The molecule has 0 aliphatic carbocycles. The summed E-state index contributed by atoms with van der Waals surface area (Å²) < 4.78 is 4.94. The van der Waals surface area contributed by atoms with Crippen molar-refractivity contribution < 1.29 is 47.9 Å². The average molecular weight is 658 g/mol. The van der Waals surface area contributed by atoms with E-state index in [4.69, 9.17) is 10.5 Å². The van der Waals surface area contributed by atoms with Gasteiger partial charge in [-0.15, -0.1) is 0 Å². The van der Waals surface area contributed by atoms with Gasteiger partial charge in [-0.05, 0) is 18.4 Å². The number of nitrogens with one attached hydrogen (secondary N) is 5. The number of nitrogens with zero attached hydrogens (tertiary/aromatic N) is 1. The highest BCUT2D eigenvalue weighted by molar-refractivity contribution is 6.12. The molecule has 1 aromatic rings. The van der Waals surface area contributed by atoms with Gasteiger partial charge in [0.1, 0.15) is 19.4 Å². The molecule has 8 amide bonds. The molecule has 0 fully saturated rings. The molecule has 2 rings (SSSR count). The van der Waals surface area contributed by atoms with E-state index in [2.05, 4.69) is 26.6 Å². The number of benzene rings is 1. The summed E-state index contributed by atoms with van der Waals surface area (Å²) in [6, 6.07) is 7.66. The number of rotatable bonds is 22. The van der Waals surface area contributed by atoms with Crippen molar-refractivity contribution in [3.05, 3.63) is 48.0 Å². The van der Waals surface area contributed by atoms with E-state index < -0.39 is 67.5 Å². The summed E-state index contributed by atoms with van der Waals surface area (Å²) in [4.78, 5) is 108. The highest BCUT2D eigenvalue weighted by Gasteiger charge is 2.23. The molecule has 0 saturated carbocycles. The van der Waals surface area contributed by atoms with Gasteiger partial charge >= 0.3 is 0 Å². The van der Waals surface area contributed by atoms with E-state index in [1.54, 1.807) is 30.3 Å². The van der Waals surface area contributed by atoms with Gasteiger partial charge in [-0.1, -0.05) is 36.8 Å². The number of unbranched alkanes of at least 4 members (excludes halogenated alkanes) is 2. The summed E-state index contributed by atoms with van der Waals surface area (Å²) in [7, 11) is 0. The van der Waals surface area contributed by atoms with Crippen LogP contribution in [0.3, 0.4) is 0 Å². The van der Waals surface area contributed by atoms with E-state index in [1.165, 1.54) is 12.2 Å². The lowest BCUT2D eigenvalue weighted by atomic mass is 10.1. The first-order valence-electron chi connectivity index (χ1n) is 14.8. The number of carbonyl (C=O) groups is 9. The van der Waals surface area contributed by atoms with Crippen molar-refractivity contribution in [2.75, 3.05) is 39.5 Å². The Morgan fingerprint density at radius 1 is 0.745 bits per heavy atom. The molecule has 1 aliphatic rings. The first-order chi connectivity index (χ1) is 22.4. The van der Waals surface area contributed by atoms with Crippen LogP contribution in [-0.2, 0) is 54.3 Å². The van der Waals surface area contributed by atoms with Crippen LogP contribution in [0.1, 0.15) is 37.7 Å². The molecule has 17 nitrogen and oxygen atoms in total. The summed E-state index contributed by atoms with van der Waals surface area (Å²) in [5, 5.41) is 12.1. The minimum Gasteiger partial charge on any atom is -0.369 e. The third-order valence-electron chi connectivity index (χ3n) is 6.44. The Labute approximate surface area is 270 Å². The molecule has 0 saturated heterocycles. The molecule has 0 bridgehead atoms. The van der Waals surface area contributed by atoms with Gasteiger partial charge in [-0.25, -0.2) is 0 Å². The van der Waals surface area contributed by atoms with Crippen molar-refractivity contribution in [1.82, 2.24) is 31.5 Å². The van der Waals surface area contributed by atoms with Crippen LogP contribution in [0.2, 0.25) is 0 Å². The van der Waals surface area contributed by atoms with Crippen molar-refractivity contribution >= 4 is 53.0 Å². The molecule has 0 aromatic heterocycles. The molecule has 254 valence electrons. The topological polar surface area (TPSA) is 252 Å². The average Bonchev–Trinajstić information content (AvgIpc) is 3.35. The third-order valence-corrected chi connectivity index (χ3v) is 6.44. The van der Waals surface area contributed by atoms with E-state index in [1.807, 2.05) is 0 Å². The van der Waals surface area contributed by atoms with Crippen LogP contribution in [0.15, 0.2) is 42.5 Å². The lowest BCUT2D eigenvalue weighted by Crippen LogP contribution is -2.52. The fourth-order valence-corrected chi connectivity index (χ4v) is 4.09. The number of imide groups is 1. The van der Waals surface area contributed by atoms with Crippen LogP contribution in [0.5, 0.6) is 0 Å². The summed E-state index contributed by atoms with van der Waals surface area (Å²) in [6.45, 7) is -1.85. The van der Waals surface area contributed by atoms with Crippen molar-refractivity contribution in [2.45, 2.75) is 44.6 Å². The molecule has 7 N–H and O–H groups in total. The highest BCUT2D eigenvalue weighted by atomic mass is 16.5. The standard InChI is InChI=1S/C30H39N7O10/c31-23(39)14-21(38)18-47-19-35-26(42)16-34-30(46)22(13-20-7-3-1-4-8-20)36-27(43)17-33-25(41)15-32-24(40)9-5-2-6-12-37-28(44)10-11-29(37)45/h1,3-4,7-8,10-11,22H,2,5-6,9,12-19H2,(H2,31,39)(H,32,40)(H,33,41)(H,34,46)(H,35,42)(H,36,43). The molecule has 47 heavy (non-hydrogen) atoms. The number of carbonyl (C=O) groups excluding carboxylic acids is 9. The first kappa shape index (κ1) is 37.7. The summed E-state index contributed by atoms with van der Waals surface area (Å²) in [6.07, 6.45) is 3.75. The van der Waals surface area contributed by atoms with Gasteiger partial charge in [-0.2, -0.15) is 0 Å². The van der Waals surface area contributed by atoms with Crippen LogP contribution in [-0.4, -0.2) is 103 Å². The number of primary amides is 1. The maximum absolute atomic E-state index is 12.9. The first-order valence-corrected chi connectivity index (χ1v) is 14.8. The monoisotopic (exact) mass is 657 g/mol. The van der Waals surface area contributed by atoms with E-state index in [9.17, 15) is 43.2 Å². The van der Waals surface area contributed by atoms with Crippen LogP contribution >= 0.6 is 0 Å². The molecule has 0 radical (unpaired) electrons. The van der Waals surface area contributed by atoms with Crippen molar-refractivity contribution in [3.63, 3.8) is 0 Å². The zero-order valence-corrected chi connectivity index (χ0v) is 25.7. The fourth-order valence-electron chi connectivity index (χ4n) is 4.09. The normalized spacial score (nSPS) is 12.6. The minimum atomic E-state index is -1.10. The Balaban J connectivity index is 1.69. The quantitative estimate of drug-likeness (QED) is 0.0321. The van der Waals surface area contributed by atoms with Crippen LogP contribution in [0.4, 0.5) is 0 Å². The molecular weight excluding hydrogens is 618 g/mol. The van der Waals surface area contributed by atoms with Gasteiger partial charge in [0, 0.05) is 31.5 Å². The number of ketones is 1. The second-order valence-corrected chi connectivity index (χ2v) is 10.3.